The first-order valence-electron chi connectivity index (χ1n) is 11.0. The smallest absolute Gasteiger partial charge is 0.156 e. The lowest BCUT2D eigenvalue weighted by atomic mass is 9.77. The number of benzene rings is 2. The lowest BCUT2D eigenvalue weighted by Crippen LogP contribution is -2.57. The normalized spacial score (nSPS) is 17.8. The summed E-state index contributed by atoms with van der Waals surface area (Å²) in [7, 11) is 0. The number of allylic oxidation sites excluding steroid dienone is 2. The van der Waals surface area contributed by atoms with E-state index in [1.165, 1.54) is 16.7 Å². The fraction of sp³-hybridized carbons (Fsp3) is 0.444. The molecule has 0 amide bonds. The summed E-state index contributed by atoms with van der Waals surface area (Å²) in [5.41, 5.74) is 4.52. The van der Waals surface area contributed by atoms with Crippen molar-refractivity contribution >= 4 is 5.78 Å². The maximum atomic E-state index is 12.1. The van der Waals surface area contributed by atoms with E-state index in [0.717, 1.165) is 38.2 Å². The Hall–Kier alpha value is -2.39. The average Bonchev–Trinajstić information content (AvgIpc) is 3.07. The molecule has 3 heteroatoms. The van der Waals surface area contributed by atoms with E-state index >= 15 is 0 Å². The second-order valence-electron chi connectivity index (χ2n) is 10.2. The maximum absolute atomic E-state index is 12.1. The van der Waals surface area contributed by atoms with Crippen molar-refractivity contribution in [1.29, 1.82) is 0 Å². The highest BCUT2D eigenvalue weighted by Crippen LogP contribution is 2.44. The lowest BCUT2D eigenvalue weighted by Gasteiger charge is -2.48. The van der Waals surface area contributed by atoms with E-state index in [1.807, 2.05) is 24.3 Å². The third-order valence-electron chi connectivity index (χ3n) is 6.12. The molecule has 2 aliphatic rings. The summed E-state index contributed by atoms with van der Waals surface area (Å²) in [6, 6.07) is 16.9. The van der Waals surface area contributed by atoms with Crippen LogP contribution in [-0.2, 0) is 24.2 Å². The van der Waals surface area contributed by atoms with Gasteiger partial charge in [-0.25, -0.2) is 0 Å². The summed E-state index contributed by atoms with van der Waals surface area (Å²) in [6.07, 6.45) is 6.66. The summed E-state index contributed by atoms with van der Waals surface area (Å²) in [6.45, 7) is 10.0. The number of ether oxygens (including phenoxy) is 1. The zero-order chi connectivity index (χ0) is 21.2. The van der Waals surface area contributed by atoms with Crippen LogP contribution in [0.5, 0.6) is 5.75 Å². The van der Waals surface area contributed by atoms with Gasteiger partial charge in [0.2, 0.25) is 0 Å². The Morgan fingerprint density at radius 2 is 1.80 bits per heavy atom. The molecule has 1 spiro atoms. The van der Waals surface area contributed by atoms with Crippen molar-refractivity contribution < 1.29 is 9.53 Å². The number of ketones is 1. The minimum atomic E-state index is 0.0652. The van der Waals surface area contributed by atoms with Gasteiger partial charge < -0.3 is 9.64 Å². The van der Waals surface area contributed by atoms with Gasteiger partial charge in [-0.3, -0.25) is 4.79 Å². The number of hydrogen-bond donors (Lipinski definition) is 0. The number of hydrogen-bond acceptors (Lipinski definition) is 3. The SMILES string of the molecule is CC(C)(C)/C=C\C(=O)CCN1CC2(Cc3ccc(OCc4ccccc4)cc3C2)C1. The van der Waals surface area contributed by atoms with Gasteiger partial charge in [0.1, 0.15) is 12.4 Å². The number of carbonyl (C=O) groups excluding carboxylic acids is 1. The molecule has 0 saturated carbocycles. The van der Waals surface area contributed by atoms with Gasteiger partial charge in [-0.1, -0.05) is 63.2 Å². The zero-order valence-electron chi connectivity index (χ0n) is 18.5. The second-order valence-corrected chi connectivity index (χ2v) is 10.2. The molecule has 30 heavy (non-hydrogen) atoms. The predicted molar refractivity (Wildman–Crippen MR) is 122 cm³/mol. The highest BCUT2D eigenvalue weighted by Gasteiger charge is 2.46. The molecule has 0 N–H and O–H groups in total. The Bertz CT molecular complexity index is 918. The monoisotopic (exact) mass is 403 g/mol. The summed E-state index contributed by atoms with van der Waals surface area (Å²) >= 11 is 0. The first-order chi connectivity index (χ1) is 14.3. The Labute approximate surface area is 180 Å². The molecule has 2 aromatic rings. The van der Waals surface area contributed by atoms with Gasteiger partial charge in [-0.05, 0) is 53.2 Å². The second kappa shape index (κ2) is 8.39. The van der Waals surface area contributed by atoms with Gasteiger partial charge in [-0.2, -0.15) is 0 Å². The van der Waals surface area contributed by atoms with Crippen molar-refractivity contribution in [2.24, 2.45) is 10.8 Å². The molecule has 1 fully saturated rings. The van der Waals surface area contributed by atoms with Crippen molar-refractivity contribution in [2.75, 3.05) is 19.6 Å². The van der Waals surface area contributed by atoms with Gasteiger partial charge in [-0.15, -0.1) is 0 Å². The number of likely N-dealkylation sites (tertiary alicyclic amines) is 1. The van der Waals surface area contributed by atoms with E-state index in [1.54, 1.807) is 6.08 Å². The third kappa shape index (κ3) is 5.20. The van der Waals surface area contributed by atoms with Crippen LogP contribution in [0.4, 0.5) is 0 Å². The molecule has 0 bridgehead atoms. The standard InChI is InChI=1S/C27H33NO2/c1-26(2,3)13-11-24(29)12-14-28-19-27(20-28)16-22-9-10-25(15-23(22)17-27)30-18-21-7-5-4-6-8-21/h4-11,13,15H,12,14,16-20H2,1-3H3/b13-11-. The van der Waals surface area contributed by atoms with Crippen LogP contribution in [0.25, 0.3) is 0 Å². The van der Waals surface area contributed by atoms with E-state index in [4.69, 9.17) is 4.74 Å². The molecule has 0 unspecified atom stereocenters. The first kappa shape index (κ1) is 20.9. The molecular weight excluding hydrogens is 370 g/mol. The van der Waals surface area contributed by atoms with Gasteiger partial charge >= 0.3 is 0 Å². The molecule has 0 aromatic heterocycles. The largest absolute Gasteiger partial charge is 0.489 e. The van der Waals surface area contributed by atoms with Crippen molar-refractivity contribution in [3.05, 3.63) is 77.4 Å². The van der Waals surface area contributed by atoms with Gasteiger partial charge in [0.05, 0.1) is 0 Å². The quantitative estimate of drug-likeness (QED) is 0.593. The fourth-order valence-corrected chi connectivity index (χ4v) is 4.62. The van der Waals surface area contributed by atoms with Crippen LogP contribution in [0.3, 0.4) is 0 Å². The predicted octanol–water partition coefficient (Wildman–Crippen LogP) is 5.23. The Morgan fingerprint density at radius 3 is 2.53 bits per heavy atom. The van der Waals surface area contributed by atoms with Crippen LogP contribution in [0.15, 0.2) is 60.7 Å². The Balaban J connectivity index is 1.25. The number of carbonyl (C=O) groups is 1. The zero-order valence-corrected chi connectivity index (χ0v) is 18.5. The minimum absolute atomic E-state index is 0.0652. The van der Waals surface area contributed by atoms with Crippen LogP contribution in [0.1, 0.15) is 43.9 Å². The molecule has 3 nitrogen and oxygen atoms in total. The van der Waals surface area contributed by atoms with E-state index in [-0.39, 0.29) is 11.2 Å². The molecule has 4 rings (SSSR count). The molecule has 1 aliphatic heterocycles. The first-order valence-corrected chi connectivity index (χ1v) is 11.0. The van der Waals surface area contributed by atoms with Crippen molar-refractivity contribution in [1.82, 2.24) is 4.90 Å². The van der Waals surface area contributed by atoms with E-state index in [2.05, 4.69) is 56.0 Å². The van der Waals surface area contributed by atoms with Crippen molar-refractivity contribution in [3.63, 3.8) is 0 Å². The van der Waals surface area contributed by atoms with Crippen molar-refractivity contribution in [3.8, 4) is 5.75 Å². The summed E-state index contributed by atoms with van der Waals surface area (Å²) < 4.78 is 6.02. The highest BCUT2D eigenvalue weighted by atomic mass is 16.5. The van der Waals surface area contributed by atoms with Gasteiger partial charge in [0.25, 0.3) is 0 Å². The van der Waals surface area contributed by atoms with Crippen LogP contribution >= 0.6 is 0 Å². The fourth-order valence-electron chi connectivity index (χ4n) is 4.62. The number of nitrogens with zero attached hydrogens (tertiary/aromatic N) is 1. The molecular formula is C27H33NO2. The van der Waals surface area contributed by atoms with Gasteiger partial charge in [0, 0.05) is 31.5 Å². The van der Waals surface area contributed by atoms with Crippen LogP contribution in [0, 0.1) is 10.8 Å². The summed E-state index contributed by atoms with van der Waals surface area (Å²) in [4.78, 5) is 14.5. The topological polar surface area (TPSA) is 29.5 Å². The molecule has 0 radical (unpaired) electrons. The Morgan fingerprint density at radius 1 is 1.07 bits per heavy atom. The van der Waals surface area contributed by atoms with Crippen molar-refractivity contribution in [2.45, 2.75) is 46.6 Å². The molecule has 1 aliphatic carbocycles. The summed E-state index contributed by atoms with van der Waals surface area (Å²) in [5.74, 6) is 1.20. The van der Waals surface area contributed by atoms with Crippen LogP contribution < -0.4 is 4.74 Å². The minimum Gasteiger partial charge on any atom is -0.489 e. The van der Waals surface area contributed by atoms with E-state index in [9.17, 15) is 4.79 Å². The van der Waals surface area contributed by atoms with E-state index in [0.29, 0.717) is 18.4 Å². The molecule has 1 heterocycles. The highest BCUT2D eigenvalue weighted by molar-refractivity contribution is 5.89. The number of fused-ring (bicyclic) bond motifs is 1. The summed E-state index contributed by atoms with van der Waals surface area (Å²) in [5, 5.41) is 0. The number of rotatable bonds is 7. The molecule has 0 atom stereocenters. The molecule has 158 valence electrons. The van der Waals surface area contributed by atoms with Gasteiger partial charge in [0.15, 0.2) is 5.78 Å². The van der Waals surface area contributed by atoms with E-state index < -0.39 is 0 Å². The molecule has 2 aromatic carbocycles. The maximum Gasteiger partial charge on any atom is 0.156 e. The average molecular weight is 404 g/mol. The van der Waals surface area contributed by atoms with Crippen LogP contribution in [-0.4, -0.2) is 30.3 Å². The lowest BCUT2D eigenvalue weighted by molar-refractivity contribution is -0.115. The Kier molecular flexibility index (Phi) is 5.84. The molecule has 1 saturated heterocycles. The van der Waals surface area contributed by atoms with Crippen LogP contribution in [0.2, 0.25) is 0 Å². The third-order valence-corrected chi connectivity index (χ3v) is 6.12.